The van der Waals surface area contributed by atoms with Crippen LogP contribution in [-0.4, -0.2) is 23.7 Å². The molecule has 0 spiro atoms. The monoisotopic (exact) mass is 876 g/mol. The molecule has 10 heteroatoms. The molecular weight excluding hydrogens is 821 g/mol. The summed E-state index contributed by atoms with van der Waals surface area (Å²) in [6, 6.07) is 42.5. The average molecular weight is 877 g/mol. The van der Waals surface area contributed by atoms with E-state index in [1.165, 1.54) is 24.7 Å². The predicted molar refractivity (Wildman–Crippen MR) is 261 cm³/mol. The van der Waals surface area contributed by atoms with Gasteiger partial charge in [-0.2, -0.15) is 0 Å². The number of hydrogen-bond acceptors (Lipinski definition) is 9. The van der Waals surface area contributed by atoms with Gasteiger partial charge in [0.2, 0.25) is 0 Å². The van der Waals surface area contributed by atoms with Crippen molar-refractivity contribution in [3.8, 4) is 33.8 Å². The number of rotatable bonds is 12. The zero-order chi connectivity index (χ0) is 45.1. The molecule has 6 aromatic carbocycles. The molecule has 0 aliphatic heterocycles. The van der Waals surface area contributed by atoms with Gasteiger partial charge in [-0.05, 0) is 70.8 Å². The minimum absolute atomic E-state index is 0. The fraction of sp³-hybridized carbons (Fsp3) is 0.164. The van der Waals surface area contributed by atoms with Crippen molar-refractivity contribution in [1.29, 1.82) is 0 Å². The Kier molecular flexibility index (Phi) is 20.4. The number of hydrogen-bond donors (Lipinski definition) is 1. The first-order chi connectivity index (χ1) is 30.8. The Bertz CT molecular complexity index is 2900. The summed E-state index contributed by atoms with van der Waals surface area (Å²) >= 11 is 0. The lowest BCUT2D eigenvalue weighted by molar-refractivity contribution is 0.0549. The Labute approximate surface area is 380 Å². The maximum Gasteiger partial charge on any atom is 0.338 e. The van der Waals surface area contributed by atoms with Crippen LogP contribution in [0.4, 0.5) is 0 Å². The zero-order valence-electron chi connectivity index (χ0n) is 35.5. The Morgan fingerprint density at radius 3 is 1.43 bits per heavy atom. The molecule has 2 aromatic heterocycles. The van der Waals surface area contributed by atoms with Crippen molar-refractivity contribution in [3.05, 3.63) is 213 Å². The van der Waals surface area contributed by atoms with E-state index in [9.17, 15) is 19.2 Å². The fourth-order valence-electron chi connectivity index (χ4n) is 6.16. The van der Waals surface area contributed by atoms with E-state index in [-0.39, 0.29) is 51.1 Å². The number of benzene rings is 6. The molecule has 8 aromatic rings. The summed E-state index contributed by atoms with van der Waals surface area (Å²) in [4.78, 5) is 48.6. The molecule has 0 saturated heterocycles. The normalized spacial score (nSPS) is 9.85. The summed E-state index contributed by atoms with van der Waals surface area (Å²) in [6.45, 7) is 12.1. The molecule has 0 saturated carbocycles. The Morgan fingerprint density at radius 2 is 1.00 bits per heavy atom. The van der Waals surface area contributed by atoms with Gasteiger partial charge < -0.3 is 28.2 Å². The largest absolute Gasteiger partial charge is 0.489 e. The van der Waals surface area contributed by atoms with Crippen LogP contribution in [0, 0.1) is 0 Å². The highest BCUT2D eigenvalue weighted by molar-refractivity contribution is 5.90. The first-order valence-electron chi connectivity index (χ1n) is 20.4. The Balaban J connectivity index is 0.000000313. The lowest BCUT2D eigenvalue weighted by atomic mass is 10.1. The van der Waals surface area contributed by atoms with Crippen molar-refractivity contribution in [2.24, 2.45) is 0 Å². The van der Waals surface area contributed by atoms with E-state index >= 15 is 0 Å². The average Bonchev–Trinajstić information content (AvgIpc) is 3.34. The molecular formula is C55H56O10. The molecule has 0 atom stereocenters. The minimum atomic E-state index is -0.983. The minimum Gasteiger partial charge on any atom is -0.489 e. The van der Waals surface area contributed by atoms with Gasteiger partial charge in [-0.1, -0.05) is 140 Å². The van der Waals surface area contributed by atoms with E-state index in [1.54, 1.807) is 72.8 Å². The van der Waals surface area contributed by atoms with Crippen molar-refractivity contribution >= 4 is 33.9 Å². The van der Waals surface area contributed by atoms with Crippen LogP contribution in [0.25, 0.3) is 44.2 Å². The summed E-state index contributed by atoms with van der Waals surface area (Å²) in [7, 11) is 0. The number of ether oxygens (including phenoxy) is 3. The van der Waals surface area contributed by atoms with Crippen molar-refractivity contribution in [3.63, 3.8) is 0 Å². The molecule has 0 aliphatic rings. The Hall–Kier alpha value is -7.98. The molecule has 0 fully saturated rings. The molecule has 0 bridgehead atoms. The highest BCUT2D eigenvalue weighted by Crippen LogP contribution is 2.25. The van der Waals surface area contributed by atoms with Gasteiger partial charge >= 0.3 is 11.9 Å². The van der Waals surface area contributed by atoms with Gasteiger partial charge in [-0.15, -0.1) is 0 Å². The van der Waals surface area contributed by atoms with E-state index in [2.05, 4.69) is 6.58 Å². The van der Waals surface area contributed by atoms with Crippen molar-refractivity contribution in [1.82, 2.24) is 0 Å². The van der Waals surface area contributed by atoms with E-state index < -0.39 is 11.9 Å². The highest BCUT2D eigenvalue weighted by atomic mass is 16.5. The maximum absolute atomic E-state index is 12.8. The van der Waals surface area contributed by atoms with Gasteiger partial charge in [0.1, 0.15) is 55.0 Å². The molecule has 0 unspecified atom stereocenters. The molecule has 0 aliphatic carbocycles. The summed E-state index contributed by atoms with van der Waals surface area (Å²) in [5.41, 5.74) is 5.52. The molecule has 65 heavy (non-hydrogen) atoms. The van der Waals surface area contributed by atoms with Crippen LogP contribution in [0.5, 0.6) is 11.5 Å². The lowest BCUT2D eigenvalue weighted by Crippen LogP contribution is -2.06. The quantitative estimate of drug-likeness (QED) is 0.0930. The van der Waals surface area contributed by atoms with E-state index in [1.807, 2.05) is 94.4 Å². The molecule has 336 valence electrons. The Morgan fingerprint density at radius 1 is 0.569 bits per heavy atom. The van der Waals surface area contributed by atoms with Crippen LogP contribution in [0.3, 0.4) is 0 Å². The van der Waals surface area contributed by atoms with Gasteiger partial charge in [-0.3, -0.25) is 9.59 Å². The number of aromatic carboxylic acids is 1. The smallest absolute Gasteiger partial charge is 0.338 e. The van der Waals surface area contributed by atoms with Crippen molar-refractivity contribution < 1.29 is 37.7 Å². The standard InChI is InChI=1S/C26H20O5.C23H16O5.2C2H6.2CH4/c1-2-13-29-26(28)20-10-6-7-18(14-20)16-30-21-11-12-22-24(15-21)31-17-23(25(22)27)19-8-4-3-5-9-19;24-22-19-10-9-18(27-13-15-5-4-8-17(11-15)23(25)26)12-21(19)28-14-20(22)16-6-2-1-3-7-16;2*1-2;;/h2-12,14-15,17H,1,13,16H2;1-12,14H,13H2,(H,25,26);2*1-2H3;2*1H4. The predicted octanol–water partition coefficient (Wildman–Crippen LogP) is 13.4. The van der Waals surface area contributed by atoms with Crippen LogP contribution in [-0.2, 0) is 18.0 Å². The molecule has 10 nitrogen and oxygen atoms in total. The van der Waals surface area contributed by atoms with Crippen molar-refractivity contribution in [2.45, 2.75) is 55.8 Å². The van der Waals surface area contributed by atoms with Crippen LogP contribution in [0.1, 0.15) is 74.4 Å². The second-order valence-electron chi connectivity index (χ2n) is 13.2. The molecule has 8 rings (SSSR count). The number of esters is 1. The summed E-state index contributed by atoms with van der Waals surface area (Å²) in [5.74, 6) is -0.307. The van der Waals surface area contributed by atoms with Crippen molar-refractivity contribution in [2.75, 3.05) is 6.61 Å². The molecule has 1 N–H and O–H groups in total. The molecule has 0 amide bonds. The lowest BCUT2D eigenvalue weighted by Gasteiger charge is -2.09. The first kappa shape index (κ1) is 51.4. The number of carbonyl (C=O) groups is 2. The SMILES string of the molecule is C.C.C=CCOC(=O)c1cccc(COc2ccc3c(=O)c(-c4ccccc4)coc3c2)c1.CC.CC.O=C(O)c1cccc(COc2ccc3c(=O)c(-c4ccccc4)coc3c2)c1. The number of carboxylic acids is 1. The van der Waals surface area contributed by atoms with Crippen LogP contribution in [0.15, 0.2) is 189 Å². The highest BCUT2D eigenvalue weighted by Gasteiger charge is 2.13. The van der Waals surface area contributed by atoms with E-state index in [0.29, 0.717) is 50.1 Å². The van der Waals surface area contributed by atoms with Gasteiger partial charge in [0, 0.05) is 12.1 Å². The van der Waals surface area contributed by atoms with Crippen LogP contribution < -0.4 is 20.3 Å². The summed E-state index contributed by atoms with van der Waals surface area (Å²) < 4.78 is 28.0. The van der Waals surface area contributed by atoms with E-state index in [4.69, 9.17) is 28.2 Å². The van der Waals surface area contributed by atoms with Gasteiger partial charge in [-0.25, -0.2) is 9.59 Å². The maximum atomic E-state index is 12.8. The number of carboxylic acid groups (broad SMARTS) is 1. The topological polar surface area (TPSA) is 142 Å². The van der Waals surface area contributed by atoms with Gasteiger partial charge in [0.15, 0.2) is 10.9 Å². The summed E-state index contributed by atoms with van der Waals surface area (Å²) in [5, 5.41) is 10.0. The van der Waals surface area contributed by atoms with Gasteiger partial charge in [0.25, 0.3) is 0 Å². The van der Waals surface area contributed by atoms with Crippen LogP contribution in [0.2, 0.25) is 0 Å². The molecule has 2 heterocycles. The first-order valence-corrected chi connectivity index (χ1v) is 20.4. The second-order valence-corrected chi connectivity index (χ2v) is 13.2. The third kappa shape index (κ3) is 13.5. The second kappa shape index (κ2) is 25.8. The summed E-state index contributed by atoms with van der Waals surface area (Å²) in [6.07, 6.45) is 4.45. The molecule has 0 radical (unpaired) electrons. The van der Waals surface area contributed by atoms with Gasteiger partial charge in [0.05, 0.1) is 33.0 Å². The number of carbonyl (C=O) groups excluding carboxylic acids is 1. The van der Waals surface area contributed by atoms with E-state index in [0.717, 1.165) is 22.3 Å². The number of fused-ring (bicyclic) bond motifs is 2. The third-order valence-electron chi connectivity index (χ3n) is 9.14. The third-order valence-corrected chi connectivity index (χ3v) is 9.14. The zero-order valence-corrected chi connectivity index (χ0v) is 35.5. The fourth-order valence-corrected chi connectivity index (χ4v) is 6.16. The van der Waals surface area contributed by atoms with Crippen LogP contribution >= 0.6 is 0 Å².